The molecule has 5 heteroatoms. The van der Waals surface area contributed by atoms with Crippen LogP contribution in [0.3, 0.4) is 0 Å². The van der Waals surface area contributed by atoms with Gasteiger partial charge < -0.3 is 5.32 Å². The number of hydrogen-bond acceptors (Lipinski definition) is 3. The highest BCUT2D eigenvalue weighted by atomic mass is 19.1. The topological polar surface area (TPSA) is 61.4 Å². The van der Waals surface area contributed by atoms with Gasteiger partial charge in [0.25, 0.3) is 5.91 Å². The summed E-state index contributed by atoms with van der Waals surface area (Å²) in [6, 6.07) is 2.91. The van der Waals surface area contributed by atoms with Crippen LogP contribution in [0.1, 0.15) is 43.2 Å². The van der Waals surface area contributed by atoms with Gasteiger partial charge in [0.1, 0.15) is 11.9 Å². The Morgan fingerprint density at radius 2 is 1.81 bits per heavy atom. The molecule has 0 heterocycles. The van der Waals surface area contributed by atoms with Crippen molar-refractivity contribution in [1.29, 1.82) is 0 Å². The van der Waals surface area contributed by atoms with E-state index in [4.69, 9.17) is 5.21 Å². The van der Waals surface area contributed by atoms with Crippen LogP contribution in [0.15, 0.2) is 12.1 Å². The van der Waals surface area contributed by atoms with Gasteiger partial charge in [0.05, 0.1) is 0 Å². The van der Waals surface area contributed by atoms with Gasteiger partial charge in [-0.05, 0) is 55.9 Å². The fourth-order valence-electron chi connectivity index (χ4n) is 3.14. The molecule has 0 spiro atoms. The number of nitrogens with one attached hydrogen (secondary N) is 2. The maximum absolute atomic E-state index is 13.7. The lowest BCUT2D eigenvalue weighted by atomic mass is 9.83. The molecule has 21 heavy (non-hydrogen) atoms. The summed E-state index contributed by atoms with van der Waals surface area (Å²) in [4.78, 5) is 12.0. The van der Waals surface area contributed by atoms with Crippen LogP contribution in [0.5, 0.6) is 0 Å². The molecule has 1 amide bonds. The molecule has 0 bridgehead atoms. The smallest absolute Gasteiger partial charge is 0.266 e. The van der Waals surface area contributed by atoms with Crippen molar-refractivity contribution in [2.45, 2.75) is 52.0 Å². The number of carbonyl (C=O) groups excluding carboxylic acids is 1. The molecule has 1 aliphatic carbocycles. The molecule has 4 nitrogen and oxygen atoms in total. The van der Waals surface area contributed by atoms with Crippen molar-refractivity contribution in [3.05, 3.63) is 29.1 Å². The first-order chi connectivity index (χ1) is 10.0. The van der Waals surface area contributed by atoms with Crippen LogP contribution in [0.2, 0.25) is 0 Å². The number of hydrogen-bond donors (Lipinski definition) is 3. The Kier molecular flexibility index (Phi) is 5.17. The molecule has 0 radical (unpaired) electrons. The van der Waals surface area contributed by atoms with Crippen molar-refractivity contribution >= 4 is 11.6 Å². The standard InChI is InChI=1S/C16H23FN2O2/c1-10-8-13(9-11(2)14(10)17)18-15(16(20)19-21)12-6-4-3-5-7-12/h8-9,12,15,18,21H,3-7H2,1-2H3,(H,19,20). The Morgan fingerprint density at radius 1 is 1.24 bits per heavy atom. The maximum atomic E-state index is 13.7. The normalized spacial score (nSPS) is 17.3. The summed E-state index contributed by atoms with van der Waals surface area (Å²) >= 11 is 0. The Balaban J connectivity index is 2.20. The predicted octanol–water partition coefficient (Wildman–Crippen LogP) is 3.31. The Morgan fingerprint density at radius 3 is 2.33 bits per heavy atom. The van der Waals surface area contributed by atoms with Gasteiger partial charge in [0.15, 0.2) is 0 Å². The number of halogens is 1. The molecule has 0 aliphatic heterocycles. The van der Waals surface area contributed by atoms with E-state index in [2.05, 4.69) is 5.32 Å². The maximum Gasteiger partial charge on any atom is 0.266 e. The third-order valence-corrected chi connectivity index (χ3v) is 4.27. The summed E-state index contributed by atoms with van der Waals surface area (Å²) < 4.78 is 13.7. The molecule has 1 aromatic rings. The zero-order chi connectivity index (χ0) is 15.4. The molecule has 1 atom stereocenters. The zero-order valence-corrected chi connectivity index (χ0v) is 12.6. The van der Waals surface area contributed by atoms with Crippen molar-refractivity contribution in [2.75, 3.05) is 5.32 Å². The molecule has 0 saturated heterocycles. The van der Waals surface area contributed by atoms with Crippen LogP contribution < -0.4 is 10.8 Å². The molecule has 1 aliphatic rings. The second-order valence-electron chi connectivity index (χ2n) is 5.92. The van der Waals surface area contributed by atoms with Crippen molar-refractivity contribution in [1.82, 2.24) is 5.48 Å². The minimum atomic E-state index is -0.487. The number of aryl methyl sites for hydroxylation is 2. The number of rotatable bonds is 4. The summed E-state index contributed by atoms with van der Waals surface area (Å²) in [5.74, 6) is -0.459. The number of anilines is 1. The Bertz CT molecular complexity index is 490. The van der Waals surface area contributed by atoms with Gasteiger partial charge in [-0.25, -0.2) is 9.87 Å². The van der Waals surface area contributed by atoms with E-state index in [0.29, 0.717) is 16.8 Å². The molecular formula is C16H23FN2O2. The van der Waals surface area contributed by atoms with Crippen molar-refractivity contribution in [2.24, 2.45) is 5.92 Å². The van der Waals surface area contributed by atoms with Gasteiger partial charge in [-0.15, -0.1) is 0 Å². The fourth-order valence-corrected chi connectivity index (χ4v) is 3.14. The highest BCUT2D eigenvalue weighted by Crippen LogP contribution is 2.29. The molecule has 1 saturated carbocycles. The highest BCUT2D eigenvalue weighted by molar-refractivity contribution is 5.84. The first kappa shape index (κ1) is 15.8. The molecule has 2 rings (SSSR count). The largest absolute Gasteiger partial charge is 0.373 e. The molecule has 116 valence electrons. The highest BCUT2D eigenvalue weighted by Gasteiger charge is 2.29. The molecule has 1 fully saturated rings. The van der Waals surface area contributed by atoms with Gasteiger partial charge in [-0.2, -0.15) is 0 Å². The van der Waals surface area contributed by atoms with Crippen molar-refractivity contribution < 1.29 is 14.4 Å². The van der Waals surface area contributed by atoms with Gasteiger partial charge in [0, 0.05) is 5.69 Å². The molecule has 1 aromatic carbocycles. The van der Waals surface area contributed by atoms with E-state index in [-0.39, 0.29) is 11.7 Å². The lowest BCUT2D eigenvalue weighted by Crippen LogP contribution is -2.44. The first-order valence-corrected chi connectivity index (χ1v) is 7.50. The first-order valence-electron chi connectivity index (χ1n) is 7.50. The van der Waals surface area contributed by atoms with Crippen molar-refractivity contribution in [3.8, 4) is 0 Å². The monoisotopic (exact) mass is 294 g/mol. The molecule has 1 unspecified atom stereocenters. The van der Waals surface area contributed by atoms with Gasteiger partial charge >= 0.3 is 0 Å². The van der Waals surface area contributed by atoms with E-state index in [1.807, 2.05) is 0 Å². The Labute approximate surface area is 124 Å². The van der Waals surface area contributed by atoms with E-state index in [0.717, 1.165) is 25.7 Å². The van der Waals surface area contributed by atoms with E-state index < -0.39 is 11.9 Å². The minimum absolute atomic E-state index is 0.191. The van der Waals surface area contributed by atoms with Crippen LogP contribution in [0.25, 0.3) is 0 Å². The number of benzene rings is 1. The third-order valence-electron chi connectivity index (χ3n) is 4.27. The van der Waals surface area contributed by atoms with Crippen LogP contribution in [0, 0.1) is 25.6 Å². The molecule has 3 N–H and O–H groups in total. The quantitative estimate of drug-likeness (QED) is 0.590. The lowest BCUT2D eigenvalue weighted by molar-refractivity contribution is -0.131. The number of amides is 1. The summed E-state index contributed by atoms with van der Waals surface area (Å²) in [6.07, 6.45) is 5.32. The number of carbonyl (C=O) groups is 1. The summed E-state index contributed by atoms with van der Waals surface area (Å²) in [5.41, 5.74) is 3.55. The summed E-state index contributed by atoms with van der Waals surface area (Å²) in [7, 11) is 0. The number of hydroxylamine groups is 1. The average molecular weight is 294 g/mol. The van der Waals surface area contributed by atoms with Gasteiger partial charge in [0.2, 0.25) is 0 Å². The predicted molar refractivity (Wildman–Crippen MR) is 79.8 cm³/mol. The van der Waals surface area contributed by atoms with Crippen LogP contribution in [-0.4, -0.2) is 17.2 Å². The summed E-state index contributed by atoms with van der Waals surface area (Å²) in [5, 5.41) is 12.1. The van der Waals surface area contributed by atoms with E-state index >= 15 is 0 Å². The van der Waals surface area contributed by atoms with Gasteiger partial charge in [-0.1, -0.05) is 19.3 Å². The second-order valence-corrected chi connectivity index (χ2v) is 5.92. The third kappa shape index (κ3) is 3.73. The summed E-state index contributed by atoms with van der Waals surface area (Å²) in [6.45, 7) is 3.41. The van der Waals surface area contributed by atoms with Crippen molar-refractivity contribution in [3.63, 3.8) is 0 Å². The average Bonchev–Trinajstić information content (AvgIpc) is 2.50. The van der Waals surface area contributed by atoms with Crippen LogP contribution in [-0.2, 0) is 4.79 Å². The van der Waals surface area contributed by atoms with Crippen LogP contribution in [0.4, 0.5) is 10.1 Å². The van der Waals surface area contributed by atoms with E-state index in [1.54, 1.807) is 31.5 Å². The Hall–Kier alpha value is -1.62. The zero-order valence-electron chi connectivity index (χ0n) is 12.6. The minimum Gasteiger partial charge on any atom is -0.373 e. The SMILES string of the molecule is Cc1cc(NC(C(=O)NO)C2CCCCC2)cc(C)c1F. The molecular weight excluding hydrogens is 271 g/mol. The molecule has 0 aromatic heterocycles. The lowest BCUT2D eigenvalue weighted by Gasteiger charge is -2.30. The van der Waals surface area contributed by atoms with E-state index in [1.165, 1.54) is 6.42 Å². The van der Waals surface area contributed by atoms with E-state index in [9.17, 15) is 9.18 Å². The fraction of sp³-hybridized carbons (Fsp3) is 0.562. The van der Waals surface area contributed by atoms with Crippen LogP contribution >= 0.6 is 0 Å². The van der Waals surface area contributed by atoms with Gasteiger partial charge in [-0.3, -0.25) is 10.0 Å². The second kappa shape index (κ2) is 6.89.